The summed E-state index contributed by atoms with van der Waals surface area (Å²) in [6.07, 6.45) is 7.11. The van der Waals surface area contributed by atoms with Gasteiger partial charge in [-0.25, -0.2) is 0 Å². The van der Waals surface area contributed by atoms with Gasteiger partial charge in [0, 0.05) is 37.0 Å². The minimum Gasteiger partial charge on any atom is -0.309 e. The Bertz CT molecular complexity index is 221. The Labute approximate surface area is 111 Å². The van der Waals surface area contributed by atoms with E-state index in [9.17, 15) is 0 Å². The van der Waals surface area contributed by atoms with Crippen molar-refractivity contribution in [2.24, 2.45) is 0 Å². The van der Waals surface area contributed by atoms with Crippen LogP contribution in [0.5, 0.6) is 0 Å². The van der Waals surface area contributed by atoms with Crippen molar-refractivity contribution in [3.63, 3.8) is 0 Å². The third-order valence-electron chi connectivity index (χ3n) is 4.40. The van der Waals surface area contributed by atoms with Gasteiger partial charge in [0.25, 0.3) is 0 Å². The molecule has 2 aliphatic rings. The van der Waals surface area contributed by atoms with Crippen LogP contribution in [0, 0.1) is 0 Å². The molecule has 0 bridgehead atoms. The minimum absolute atomic E-state index is 0.474. The molecule has 17 heavy (non-hydrogen) atoms. The predicted molar refractivity (Wildman–Crippen MR) is 77.9 cm³/mol. The molecule has 2 fully saturated rings. The smallest absolute Gasteiger partial charge is 0.0309 e. The van der Waals surface area contributed by atoms with Crippen LogP contribution in [-0.4, -0.2) is 47.6 Å². The van der Waals surface area contributed by atoms with Gasteiger partial charge >= 0.3 is 0 Å². The minimum atomic E-state index is 0.474. The Morgan fingerprint density at radius 1 is 1.29 bits per heavy atom. The fraction of sp³-hybridized carbons (Fsp3) is 1.00. The molecule has 1 unspecified atom stereocenters. The molecule has 0 aromatic heterocycles. The van der Waals surface area contributed by atoms with Gasteiger partial charge in [-0.2, -0.15) is 11.8 Å². The molecule has 1 atom stereocenters. The van der Waals surface area contributed by atoms with Crippen molar-refractivity contribution in [1.82, 2.24) is 10.2 Å². The Morgan fingerprint density at radius 2 is 2.06 bits per heavy atom. The molecule has 1 aliphatic heterocycles. The van der Waals surface area contributed by atoms with Crippen molar-refractivity contribution in [3.05, 3.63) is 0 Å². The first-order chi connectivity index (χ1) is 8.26. The highest BCUT2D eigenvalue weighted by atomic mass is 32.2. The summed E-state index contributed by atoms with van der Waals surface area (Å²) in [7, 11) is 0. The van der Waals surface area contributed by atoms with Gasteiger partial charge in [-0.15, -0.1) is 0 Å². The predicted octanol–water partition coefficient (Wildman–Crippen LogP) is 2.74. The third-order valence-corrected chi connectivity index (χ3v) is 5.53. The molecule has 1 spiro atoms. The van der Waals surface area contributed by atoms with Crippen molar-refractivity contribution in [2.75, 3.05) is 31.1 Å². The van der Waals surface area contributed by atoms with Gasteiger partial charge in [0.15, 0.2) is 0 Å². The number of piperazine rings is 1. The molecule has 0 radical (unpaired) electrons. The topological polar surface area (TPSA) is 15.3 Å². The van der Waals surface area contributed by atoms with E-state index in [1.807, 2.05) is 0 Å². The third kappa shape index (κ3) is 3.62. The van der Waals surface area contributed by atoms with Crippen LogP contribution < -0.4 is 5.32 Å². The SMILES string of the molecule is CCSCC(C)N1CCNC2(CCCCC2)C1. The standard InChI is InChI=1S/C14H28N2S/c1-3-17-11-13(2)16-10-9-15-14(12-16)7-5-4-6-8-14/h13,15H,3-12H2,1-2H3. The van der Waals surface area contributed by atoms with E-state index in [1.165, 1.54) is 63.2 Å². The van der Waals surface area contributed by atoms with Crippen LogP contribution in [0.25, 0.3) is 0 Å². The zero-order chi connectivity index (χ0) is 12.1. The van der Waals surface area contributed by atoms with Crippen molar-refractivity contribution in [2.45, 2.75) is 57.5 Å². The molecule has 1 heterocycles. The fourth-order valence-corrected chi connectivity index (χ4v) is 4.11. The summed E-state index contributed by atoms with van der Waals surface area (Å²) >= 11 is 2.08. The highest BCUT2D eigenvalue weighted by molar-refractivity contribution is 7.99. The second-order valence-electron chi connectivity index (χ2n) is 5.75. The second kappa shape index (κ2) is 6.44. The zero-order valence-electron chi connectivity index (χ0n) is 11.5. The molecular weight excluding hydrogens is 228 g/mol. The first-order valence-corrected chi connectivity index (χ1v) is 8.48. The summed E-state index contributed by atoms with van der Waals surface area (Å²) in [4.78, 5) is 2.73. The lowest BCUT2D eigenvalue weighted by atomic mass is 9.80. The average molecular weight is 256 g/mol. The molecular formula is C14H28N2S. The van der Waals surface area contributed by atoms with Crippen molar-refractivity contribution < 1.29 is 0 Å². The lowest BCUT2D eigenvalue weighted by molar-refractivity contribution is 0.0798. The van der Waals surface area contributed by atoms with E-state index in [0.717, 1.165) is 6.04 Å². The first-order valence-electron chi connectivity index (χ1n) is 7.32. The molecule has 0 aromatic rings. The number of hydrogen-bond acceptors (Lipinski definition) is 3. The van der Waals surface area contributed by atoms with Crippen LogP contribution in [-0.2, 0) is 0 Å². The van der Waals surface area contributed by atoms with Crippen LogP contribution in [0.3, 0.4) is 0 Å². The van der Waals surface area contributed by atoms with Gasteiger partial charge in [-0.3, -0.25) is 4.90 Å². The van der Waals surface area contributed by atoms with Gasteiger partial charge in [0.05, 0.1) is 0 Å². The molecule has 2 rings (SSSR count). The highest BCUT2D eigenvalue weighted by Crippen LogP contribution is 2.31. The van der Waals surface area contributed by atoms with E-state index < -0.39 is 0 Å². The summed E-state index contributed by atoms with van der Waals surface area (Å²) < 4.78 is 0. The molecule has 3 heteroatoms. The number of thioether (sulfide) groups is 1. The molecule has 0 amide bonds. The summed E-state index contributed by atoms with van der Waals surface area (Å²) in [5.41, 5.74) is 0.474. The molecule has 1 N–H and O–H groups in total. The quantitative estimate of drug-likeness (QED) is 0.832. The first kappa shape index (κ1) is 13.7. The Balaban J connectivity index is 1.87. The van der Waals surface area contributed by atoms with Gasteiger partial charge in [-0.05, 0) is 25.5 Å². The summed E-state index contributed by atoms with van der Waals surface area (Å²) in [5, 5.41) is 3.83. The largest absolute Gasteiger partial charge is 0.309 e. The maximum atomic E-state index is 3.83. The lowest BCUT2D eigenvalue weighted by Crippen LogP contribution is -2.62. The van der Waals surface area contributed by atoms with Gasteiger partial charge in [-0.1, -0.05) is 26.2 Å². The van der Waals surface area contributed by atoms with E-state index in [2.05, 4.69) is 35.8 Å². The molecule has 1 aliphatic carbocycles. The van der Waals surface area contributed by atoms with Crippen molar-refractivity contribution >= 4 is 11.8 Å². The fourth-order valence-electron chi connectivity index (χ4n) is 3.32. The van der Waals surface area contributed by atoms with E-state index >= 15 is 0 Å². The number of hydrogen-bond donors (Lipinski definition) is 1. The second-order valence-corrected chi connectivity index (χ2v) is 7.07. The molecule has 1 saturated heterocycles. The Kier molecular flexibility index (Phi) is 5.19. The molecule has 100 valence electrons. The lowest BCUT2D eigenvalue weighted by Gasteiger charge is -2.48. The van der Waals surface area contributed by atoms with Crippen LogP contribution in [0.4, 0.5) is 0 Å². The zero-order valence-corrected chi connectivity index (χ0v) is 12.3. The Morgan fingerprint density at radius 3 is 2.76 bits per heavy atom. The normalized spacial score (nSPS) is 27.2. The molecule has 0 aromatic carbocycles. The van der Waals surface area contributed by atoms with E-state index in [-0.39, 0.29) is 0 Å². The molecule has 1 saturated carbocycles. The Hall–Kier alpha value is 0.270. The van der Waals surface area contributed by atoms with Crippen LogP contribution >= 0.6 is 11.8 Å². The summed E-state index contributed by atoms with van der Waals surface area (Å²) in [5.74, 6) is 2.55. The highest BCUT2D eigenvalue weighted by Gasteiger charge is 2.37. The van der Waals surface area contributed by atoms with Gasteiger partial charge in [0.2, 0.25) is 0 Å². The average Bonchev–Trinajstić information content (AvgIpc) is 2.37. The number of nitrogens with zero attached hydrogens (tertiary/aromatic N) is 1. The monoisotopic (exact) mass is 256 g/mol. The maximum Gasteiger partial charge on any atom is 0.0309 e. The van der Waals surface area contributed by atoms with E-state index in [4.69, 9.17) is 0 Å². The maximum absolute atomic E-state index is 3.83. The van der Waals surface area contributed by atoms with Crippen molar-refractivity contribution in [1.29, 1.82) is 0 Å². The van der Waals surface area contributed by atoms with Gasteiger partial charge < -0.3 is 5.32 Å². The number of rotatable bonds is 4. The van der Waals surface area contributed by atoms with Crippen LogP contribution in [0.15, 0.2) is 0 Å². The van der Waals surface area contributed by atoms with Crippen molar-refractivity contribution in [3.8, 4) is 0 Å². The van der Waals surface area contributed by atoms with E-state index in [0.29, 0.717) is 5.54 Å². The van der Waals surface area contributed by atoms with Gasteiger partial charge in [0.1, 0.15) is 0 Å². The number of nitrogens with one attached hydrogen (secondary N) is 1. The summed E-state index contributed by atoms with van der Waals surface area (Å²) in [6.45, 7) is 8.40. The molecule has 2 nitrogen and oxygen atoms in total. The van der Waals surface area contributed by atoms with E-state index in [1.54, 1.807) is 0 Å². The van der Waals surface area contributed by atoms with Crippen LogP contribution in [0.1, 0.15) is 46.0 Å². The summed E-state index contributed by atoms with van der Waals surface area (Å²) in [6, 6.07) is 0.751. The van der Waals surface area contributed by atoms with Crippen LogP contribution in [0.2, 0.25) is 0 Å².